The van der Waals surface area contributed by atoms with Crippen molar-refractivity contribution in [2.45, 2.75) is 19.4 Å². The lowest BCUT2D eigenvalue weighted by molar-refractivity contribution is -0.145. The molecule has 2 heterocycles. The maximum absolute atomic E-state index is 12.2. The summed E-state index contributed by atoms with van der Waals surface area (Å²) in [6.45, 7) is 3.01. The summed E-state index contributed by atoms with van der Waals surface area (Å²) in [5, 5.41) is 19.5. The fraction of sp³-hybridized carbons (Fsp3) is 0.385. The van der Waals surface area contributed by atoms with Gasteiger partial charge in [-0.1, -0.05) is 0 Å². The molecule has 8 heteroatoms. The summed E-state index contributed by atoms with van der Waals surface area (Å²) in [7, 11) is 1.37. The van der Waals surface area contributed by atoms with Crippen molar-refractivity contribution in [3.63, 3.8) is 0 Å². The van der Waals surface area contributed by atoms with Crippen LogP contribution >= 0.6 is 0 Å². The number of ether oxygens (including phenoxy) is 1. The van der Waals surface area contributed by atoms with Crippen LogP contribution in [-0.2, 0) is 9.53 Å². The number of rotatable bonds is 5. The summed E-state index contributed by atoms with van der Waals surface area (Å²) in [5.41, 5.74) is -0.570. The highest BCUT2D eigenvalue weighted by atomic mass is 16.5. The Morgan fingerprint density at radius 3 is 2.76 bits per heavy atom. The molecule has 1 amide bonds. The number of carboxylic acid groups (broad SMARTS) is 1. The van der Waals surface area contributed by atoms with Crippen LogP contribution in [0.3, 0.4) is 0 Å². The van der Waals surface area contributed by atoms with E-state index in [4.69, 9.17) is 4.74 Å². The number of amides is 1. The van der Waals surface area contributed by atoms with Crippen molar-refractivity contribution < 1.29 is 19.4 Å². The molecule has 0 aliphatic heterocycles. The largest absolute Gasteiger partial charge is 0.479 e. The molecule has 21 heavy (non-hydrogen) atoms. The lowest BCUT2D eigenvalue weighted by atomic mass is 10.0. The van der Waals surface area contributed by atoms with E-state index in [2.05, 4.69) is 15.5 Å². The second-order valence-electron chi connectivity index (χ2n) is 4.92. The molecular weight excluding hydrogens is 276 g/mol. The van der Waals surface area contributed by atoms with E-state index in [0.717, 1.165) is 0 Å². The smallest absolute Gasteiger partial charge is 0.331 e. The van der Waals surface area contributed by atoms with Crippen LogP contribution in [0.25, 0.3) is 5.65 Å². The lowest BCUT2D eigenvalue weighted by Crippen LogP contribution is -2.55. The Morgan fingerprint density at radius 1 is 1.43 bits per heavy atom. The van der Waals surface area contributed by atoms with Gasteiger partial charge < -0.3 is 15.2 Å². The molecule has 1 unspecified atom stereocenters. The Hall–Kier alpha value is -2.48. The molecule has 8 nitrogen and oxygen atoms in total. The SMILES string of the molecule is COCC(C)(NC(=O)c1ccc2nnc(C)n2c1)C(=O)O. The van der Waals surface area contributed by atoms with Gasteiger partial charge in [-0.25, -0.2) is 4.79 Å². The number of carboxylic acids is 1. The molecule has 0 bridgehead atoms. The number of aromatic nitrogens is 3. The molecule has 1 atom stereocenters. The number of methoxy groups -OCH3 is 1. The number of aryl methyl sites for hydroxylation is 1. The Morgan fingerprint density at radius 2 is 2.14 bits per heavy atom. The van der Waals surface area contributed by atoms with Crippen molar-refractivity contribution in [1.82, 2.24) is 19.9 Å². The standard InChI is InChI=1S/C13H16N4O4/c1-8-15-16-10-5-4-9(6-17(8)10)11(18)14-13(2,7-21-3)12(19)20/h4-6H,7H2,1-3H3,(H,14,18)(H,19,20). The van der Waals surface area contributed by atoms with E-state index in [0.29, 0.717) is 17.0 Å². The van der Waals surface area contributed by atoms with Crippen LogP contribution in [0.4, 0.5) is 0 Å². The summed E-state index contributed by atoms with van der Waals surface area (Å²) in [6, 6.07) is 3.21. The number of fused-ring (bicyclic) bond motifs is 1. The van der Waals surface area contributed by atoms with Crippen LogP contribution in [-0.4, -0.2) is 50.8 Å². The third kappa shape index (κ3) is 2.84. The van der Waals surface area contributed by atoms with E-state index in [9.17, 15) is 14.7 Å². The first-order valence-electron chi connectivity index (χ1n) is 6.23. The molecule has 0 aliphatic carbocycles. The molecule has 112 valence electrons. The van der Waals surface area contributed by atoms with Crippen molar-refractivity contribution >= 4 is 17.5 Å². The van der Waals surface area contributed by atoms with Gasteiger partial charge in [-0.2, -0.15) is 0 Å². The normalized spacial score (nSPS) is 13.9. The molecule has 0 aliphatic rings. The Labute approximate surface area is 120 Å². The fourth-order valence-electron chi connectivity index (χ4n) is 1.90. The minimum absolute atomic E-state index is 0.137. The third-order valence-corrected chi connectivity index (χ3v) is 3.13. The van der Waals surface area contributed by atoms with E-state index in [1.54, 1.807) is 29.7 Å². The Kier molecular flexibility index (Phi) is 3.90. The van der Waals surface area contributed by atoms with Crippen molar-refractivity contribution in [2.24, 2.45) is 0 Å². The summed E-state index contributed by atoms with van der Waals surface area (Å²) in [4.78, 5) is 23.5. The van der Waals surface area contributed by atoms with E-state index in [1.165, 1.54) is 14.0 Å². The fourth-order valence-corrected chi connectivity index (χ4v) is 1.90. The average molecular weight is 292 g/mol. The van der Waals surface area contributed by atoms with Gasteiger partial charge >= 0.3 is 5.97 Å². The number of aliphatic carboxylic acids is 1. The van der Waals surface area contributed by atoms with E-state index < -0.39 is 17.4 Å². The van der Waals surface area contributed by atoms with Gasteiger partial charge in [-0.05, 0) is 26.0 Å². The maximum atomic E-state index is 12.2. The van der Waals surface area contributed by atoms with Gasteiger partial charge in [0.15, 0.2) is 11.2 Å². The second kappa shape index (κ2) is 5.49. The molecule has 0 saturated carbocycles. The molecule has 0 spiro atoms. The first-order chi connectivity index (χ1) is 9.87. The molecule has 2 rings (SSSR count). The van der Waals surface area contributed by atoms with E-state index in [-0.39, 0.29) is 6.61 Å². The van der Waals surface area contributed by atoms with E-state index >= 15 is 0 Å². The van der Waals surface area contributed by atoms with E-state index in [1.807, 2.05) is 0 Å². The first kappa shape index (κ1) is 14.9. The summed E-state index contributed by atoms with van der Waals surface area (Å²) in [6.07, 6.45) is 1.56. The molecule has 2 aromatic heterocycles. The number of nitrogens with one attached hydrogen (secondary N) is 1. The highest BCUT2D eigenvalue weighted by Gasteiger charge is 2.35. The minimum Gasteiger partial charge on any atom is -0.479 e. The number of carbonyl (C=O) groups is 2. The second-order valence-corrected chi connectivity index (χ2v) is 4.92. The molecule has 0 radical (unpaired) electrons. The van der Waals surface area contributed by atoms with Crippen molar-refractivity contribution in [2.75, 3.05) is 13.7 Å². The number of pyridine rings is 1. The summed E-state index contributed by atoms with van der Waals surface area (Å²) in [5.74, 6) is -1.04. The zero-order chi connectivity index (χ0) is 15.6. The highest BCUT2D eigenvalue weighted by Crippen LogP contribution is 2.10. The summed E-state index contributed by atoms with van der Waals surface area (Å²) < 4.78 is 6.52. The number of nitrogens with zero attached hydrogens (tertiary/aromatic N) is 3. The van der Waals surface area contributed by atoms with Crippen LogP contribution < -0.4 is 5.32 Å². The Bertz CT molecular complexity index is 697. The molecule has 0 fully saturated rings. The monoisotopic (exact) mass is 292 g/mol. The molecule has 0 aromatic carbocycles. The van der Waals surface area contributed by atoms with Crippen LogP contribution in [0.2, 0.25) is 0 Å². The average Bonchev–Trinajstić information content (AvgIpc) is 2.80. The minimum atomic E-state index is -1.50. The van der Waals surface area contributed by atoms with Crippen molar-refractivity contribution in [3.05, 3.63) is 29.7 Å². The maximum Gasteiger partial charge on any atom is 0.331 e. The van der Waals surface area contributed by atoms with Gasteiger partial charge in [-0.15, -0.1) is 10.2 Å². The molecular formula is C13H16N4O4. The zero-order valence-electron chi connectivity index (χ0n) is 12.0. The third-order valence-electron chi connectivity index (χ3n) is 3.13. The van der Waals surface area contributed by atoms with Gasteiger partial charge in [0.05, 0.1) is 12.2 Å². The summed E-state index contributed by atoms with van der Waals surface area (Å²) >= 11 is 0. The zero-order valence-corrected chi connectivity index (χ0v) is 12.0. The first-order valence-corrected chi connectivity index (χ1v) is 6.23. The van der Waals surface area contributed by atoms with Crippen LogP contribution in [0.1, 0.15) is 23.1 Å². The number of hydrogen-bond donors (Lipinski definition) is 2. The Balaban J connectivity index is 2.29. The van der Waals surface area contributed by atoms with Crippen molar-refractivity contribution in [1.29, 1.82) is 0 Å². The molecule has 2 N–H and O–H groups in total. The molecule has 0 saturated heterocycles. The lowest BCUT2D eigenvalue weighted by Gasteiger charge is -2.25. The van der Waals surface area contributed by atoms with Crippen LogP contribution in [0.5, 0.6) is 0 Å². The van der Waals surface area contributed by atoms with Gasteiger partial charge in [0.1, 0.15) is 5.82 Å². The number of hydrogen-bond acceptors (Lipinski definition) is 5. The van der Waals surface area contributed by atoms with Gasteiger partial charge in [-0.3, -0.25) is 9.20 Å². The van der Waals surface area contributed by atoms with Crippen LogP contribution in [0, 0.1) is 6.92 Å². The predicted molar refractivity (Wildman–Crippen MR) is 73.1 cm³/mol. The highest BCUT2D eigenvalue weighted by molar-refractivity contribution is 5.97. The predicted octanol–water partition coefficient (Wildman–Crippen LogP) is 0.257. The van der Waals surface area contributed by atoms with Gasteiger partial charge in [0.25, 0.3) is 5.91 Å². The topological polar surface area (TPSA) is 106 Å². The molecule has 2 aromatic rings. The van der Waals surface area contributed by atoms with Crippen LogP contribution in [0.15, 0.2) is 18.3 Å². The quantitative estimate of drug-likeness (QED) is 0.818. The van der Waals surface area contributed by atoms with Gasteiger partial charge in [0.2, 0.25) is 0 Å². The van der Waals surface area contributed by atoms with Gasteiger partial charge in [0, 0.05) is 13.3 Å². The number of carbonyl (C=O) groups excluding carboxylic acids is 1. The van der Waals surface area contributed by atoms with Crippen molar-refractivity contribution in [3.8, 4) is 0 Å².